The number of rotatable bonds is 5. The Morgan fingerprint density at radius 2 is 2.00 bits per heavy atom. The largest absolute Gasteiger partial charge is 0.497 e. The van der Waals surface area contributed by atoms with Crippen molar-refractivity contribution < 1.29 is 14.6 Å². The third kappa shape index (κ3) is 3.21. The molecule has 0 radical (unpaired) electrons. The lowest BCUT2D eigenvalue weighted by Crippen LogP contribution is -2.07. The Bertz CT molecular complexity index is 860. The summed E-state index contributed by atoms with van der Waals surface area (Å²) >= 11 is 5.84. The fourth-order valence-corrected chi connectivity index (χ4v) is 2.35. The second-order valence-corrected chi connectivity index (χ2v) is 5.40. The summed E-state index contributed by atoms with van der Waals surface area (Å²) in [6.45, 7) is 0.351. The average Bonchev–Trinajstić information content (AvgIpc) is 3.00. The molecule has 0 bridgehead atoms. The van der Waals surface area contributed by atoms with Gasteiger partial charge in [0.25, 0.3) is 0 Å². The number of carbonyl (C=O) groups is 1. The smallest absolute Gasteiger partial charge is 0.358 e. The number of nitrogens with zero attached hydrogens (tertiary/aromatic N) is 4. The van der Waals surface area contributed by atoms with Crippen LogP contribution in [0.2, 0.25) is 5.02 Å². The van der Waals surface area contributed by atoms with Crippen LogP contribution in [0.1, 0.15) is 16.1 Å². The summed E-state index contributed by atoms with van der Waals surface area (Å²) in [5, 5.41) is 17.5. The summed E-state index contributed by atoms with van der Waals surface area (Å²) in [6.07, 6.45) is 1.45. The molecule has 8 heteroatoms. The van der Waals surface area contributed by atoms with E-state index in [9.17, 15) is 9.90 Å². The molecule has 0 aliphatic rings. The van der Waals surface area contributed by atoms with E-state index in [-0.39, 0.29) is 5.69 Å². The number of benzene rings is 1. The summed E-state index contributed by atoms with van der Waals surface area (Å²) in [6, 6.07) is 10.7. The van der Waals surface area contributed by atoms with Crippen LogP contribution in [0, 0.1) is 0 Å². The zero-order valence-electron chi connectivity index (χ0n) is 12.7. The first-order chi connectivity index (χ1) is 11.6. The summed E-state index contributed by atoms with van der Waals surface area (Å²) in [5.41, 5.74) is 1.54. The standard InChI is InChI=1S/C16H13ClN4O3/c1-24-12-5-2-10(3-6-12)9-21-15(14(16(22)23)19-20-21)13-7-4-11(17)8-18-13/h2-8H,9H2,1H3,(H,22,23). The van der Waals surface area contributed by atoms with Crippen molar-refractivity contribution in [2.45, 2.75) is 6.54 Å². The van der Waals surface area contributed by atoms with E-state index in [1.807, 2.05) is 24.3 Å². The second-order valence-electron chi connectivity index (χ2n) is 4.96. The van der Waals surface area contributed by atoms with Crippen LogP contribution in [-0.2, 0) is 6.54 Å². The molecule has 0 saturated heterocycles. The Hall–Kier alpha value is -2.93. The van der Waals surface area contributed by atoms with Gasteiger partial charge in [0.15, 0.2) is 5.69 Å². The number of aromatic carboxylic acids is 1. The van der Waals surface area contributed by atoms with Crippen LogP contribution in [0.4, 0.5) is 0 Å². The lowest BCUT2D eigenvalue weighted by molar-refractivity contribution is 0.0691. The normalized spacial score (nSPS) is 10.6. The van der Waals surface area contributed by atoms with E-state index >= 15 is 0 Å². The van der Waals surface area contributed by atoms with Gasteiger partial charge in [-0.1, -0.05) is 28.9 Å². The van der Waals surface area contributed by atoms with Gasteiger partial charge in [-0.15, -0.1) is 5.10 Å². The SMILES string of the molecule is COc1ccc(Cn2nnc(C(=O)O)c2-c2ccc(Cl)cn2)cc1. The van der Waals surface area contributed by atoms with Crippen LogP contribution in [0.25, 0.3) is 11.4 Å². The lowest BCUT2D eigenvalue weighted by Gasteiger charge is -2.08. The van der Waals surface area contributed by atoms with Gasteiger partial charge in [-0.2, -0.15) is 0 Å². The molecule has 7 nitrogen and oxygen atoms in total. The monoisotopic (exact) mass is 344 g/mol. The Labute approximate surface area is 142 Å². The number of pyridine rings is 1. The highest BCUT2D eigenvalue weighted by molar-refractivity contribution is 6.30. The predicted molar refractivity (Wildman–Crippen MR) is 87.3 cm³/mol. The van der Waals surface area contributed by atoms with Crippen LogP contribution in [0.3, 0.4) is 0 Å². The highest BCUT2D eigenvalue weighted by Crippen LogP contribution is 2.23. The average molecular weight is 345 g/mol. The molecule has 0 saturated carbocycles. The highest BCUT2D eigenvalue weighted by Gasteiger charge is 2.21. The number of methoxy groups -OCH3 is 1. The first-order valence-corrected chi connectivity index (χ1v) is 7.38. The van der Waals surface area contributed by atoms with Gasteiger partial charge >= 0.3 is 5.97 Å². The molecule has 3 aromatic rings. The Balaban J connectivity index is 2.01. The summed E-state index contributed by atoms with van der Waals surface area (Å²) in [4.78, 5) is 15.6. The molecule has 0 amide bonds. The van der Waals surface area contributed by atoms with Gasteiger partial charge in [-0.05, 0) is 29.8 Å². The second kappa shape index (κ2) is 6.67. The molecule has 1 aromatic carbocycles. The Kier molecular flexibility index (Phi) is 4.43. The van der Waals surface area contributed by atoms with E-state index in [2.05, 4.69) is 15.3 Å². The van der Waals surface area contributed by atoms with Crippen LogP contribution in [0.5, 0.6) is 5.75 Å². The lowest BCUT2D eigenvalue weighted by atomic mass is 10.2. The maximum atomic E-state index is 11.4. The molecule has 24 heavy (non-hydrogen) atoms. The minimum absolute atomic E-state index is 0.154. The van der Waals surface area contributed by atoms with Crippen molar-refractivity contribution in [3.63, 3.8) is 0 Å². The van der Waals surface area contributed by atoms with Crippen LogP contribution < -0.4 is 4.74 Å². The zero-order chi connectivity index (χ0) is 17.1. The number of aromatic nitrogens is 4. The van der Waals surface area contributed by atoms with Gasteiger partial charge < -0.3 is 9.84 Å². The van der Waals surface area contributed by atoms with E-state index in [1.165, 1.54) is 10.9 Å². The van der Waals surface area contributed by atoms with Crippen molar-refractivity contribution >= 4 is 17.6 Å². The summed E-state index contributed by atoms with van der Waals surface area (Å²) in [7, 11) is 1.59. The van der Waals surface area contributed by atoms with Gasteiger partial charge in [0.05, 0.1) is 24.4 Å². The Morgan fingerprint density at radius 1 is 1.25 bits per heavy atom. The molecule has 0 aliphatic heterocycles. The molecule has 3 rings (SSSR count). The topological polar surface area (TPSA) is 90.1 Å². The molecular weight excluding hydrogens is 332 g/mol. The van der Waals surface area contributed by atoms with Gasteiger partial charge in [0.2, 0.25) is 0 Å². The van der Waals surface area contributed by atoms with E-state index in [0.29, 0.717) is 23.0 Å². The molecule has 2 aromatic heterocycles. The summed E-state index contributed by atoms with van der Waals surface area (Å²) < 4.78 is 6.63. The van der Waals surface area contributed by atoms with Crippen LogP contribution in [0.15, 0.2) is 42.6 Å². The van der Waals surface area contributed by atoms with E-state index < -0.39 is 5.97 Å². The molecule has 1 N–H and O–H groups in total. The van der Waals surface area contributed by atoms with Gasteiger partial charge in [-0.25, -0.2) is 9.48 Å². The van der Waals surface area contributed by atoms with E-state index in [4.69, 9.17) is 16.3 Å². The minimum Gasteiger partial charge on any atom is -0.497 e. The fourth-order valence-electron chi connectivity index (χ4n) is 2.24. The number of carboxylic acids is 1. The first-order valence-electron chi connectivity index (χ1n) is 7.00. The highest BCUT2D eigenvalue weighted by atomic mass is 35.5. The minimum atomic E-state index is -1.16. The maximum Gasteiger partial charge on any atom is 0.358 e. The number of carboxylic acid groups (broad SMARTS) is 1. The van der Waals surface area contributed by atoms with Crippen molar-refractivity contribution in [1.29, 1.82) is 0 Å². The van der Waals surface area contributed by atoms with Crippen molar-refractivity contribution in [3.05, 3.63) is 58.9 Å². The molecular formula is C16H13ClN4O3. The third-order valence-corrected chi connectivity index (χ3v) is 3.62. The van der Waals surface area contributed by atoms with Gasteiger partial charge in [0, 0.05) is 6.20 Å². The van der Waals surface area contributed by atoms with E-state index in [0.717, 1.165) is 11.3 Å². The Morgan fingerprint density at radius 3 is 2.58 bits per heavy atom. The molecule has 0 unspecified atom stereocenters. The quantitative estimate of drug-likeness (QED) is 0.765. The molecule has 0 aliphatic carbocycles. The van der Waals surface area contributed by atoms with Crippen molar-refractivity contribution in [2.24, 2.45) is 0 Å². The molecule has 122 valence electrons. The zero-order valence-corrected chi connectivity index (χ0v) is 13.4. The number of ether oxygens (including phenoxy) is 1. The number of halogens is 1. The first kappa shape index (κ1) is 15.9. The fraction of sp³-hybridized carbons (Fsp3) is 0.125. The summed E-state index contributed by atoms with van der Waals surface area (Å²) in [5.74, 6) is -0.425. The molecule has 0 fully saturated rings. The van der Waals surface area contributed by atoms with E-state index in [1.54, 1.807) is 19.2 Å². The predicted octanol–water partition coefficient (Wildman–Crippen LogP) is 2.75. The number of hydrogen-bond donors (Lipinski definition) is 1. The molecule has 2 heterocycles. The number of hydrogen-bond acceptors (Lipinski definition) is 5. The van der Waals surface area contributed by atoms with Crippen LogP contribution in [-0.4, -0.2) is 38.2 Å². The van der Waals surface area contributed by atoms with Gasteiger partial charge in [-0.3, -0.25) is 4.98 Å². The molecule has 0 atom stereocenters. The molecule has 0 spiro atoms. The van der Waals surface area contributed by atoms with Crippen molar-refractivity contribution in [3.8, 4) is 17.1 Å². The van der Waals surface area contributed by atoms with Gasteiger partial charge in [0.1, 0.15) is 11.4 Å². The van der Waals surface area contributed by atoms with Crippen molar-refractivity contribution in [2.75, 3.05) is 7.11 Å². The third-order valence-electron chi connectivity index (χ3n) is 3.40. The van der Waals surface area contributed by atoms with Crippen LogP contribution >= 0.6 is 11.6 Å². The maximum absolute atomic E-state index is 11.4. The van der Waals surface area contributed by atoms with Crippen molar-refractivity contribution in [1.82, 2.24) is 20.0 Å².